The molecule has 0 saturated carbocycles. The summed E-state index contributed by atoms with van der Waals surface area (Å²) >= 11 is 0. The fraction of sp³-hybridized carbons (Fsp3) is 0.647. The van der Waals surface area contributed by atoms with Crippen molar-refractivity contribution < 1.29 is 9.84 Å². The standard InChI is InChI=1S/C17H25NO2/c1-13-8-9-17(12-19,16-7-3-2-6-15(13)16)18-11-14-5-4-10-20-14/h2-3,6-7,13-14,18-19H,4-5,8-12H2,1H3. The quantitative estimate of drug-likeness (QED) is 0.887. The van der Waals surface area contributed by atoms with Crippen LogP contribution in [0.15, 0.2) is 24.3 Å². The van der Waals surface area contributed by atoms with Gasteiger partial charge >= 0.3 is 0 Å². The third-order valence-corrected chi connectivity index (χ3v) is 4.97. The lowest BCUT2D eigenvalue weighted by molar-refractivity contribution is 0.0803. The van der Waals surface area contributed by atoms with Gasteiger partial charge in [0.05, 0.1) is 18.2 Å². The molecular weight excluding hydrogens is 250 g/mol. The van der Waals surface area contributed by atoms with E-state index < -0.39 is 0 Å². The Kier molecular flexibility index (Phi) is 4.11. The highest BCUT2D eigenvalue weighted by atomic mass is 16.5. The van der Waals surface area contributed by atoms with E-state index in [-0.39, 0.29) is 12.1 Å². The summed E-state index contributed by atoms with van der Waals surface area (Å²) in [7, 11) is 0. The van der Waals surface area contributed by atoms with E-state index in [4.69, 9.17) is 4.74 Å². The van der Waals surface area contributed by atoms with Crippen molar-refractivity contribution in [2.75, 3.05) is 19.8 Å². The van der Waals surface area contributed by atoms with E-state index in [2.05, 4.69) is 36.5 Å². The van der Waals surface area contributed by atoms with Crippen LogP contribution in [0.4, 0.5) is 0 Å². The molecule has 1 heterocycles. The van der Waals surface area contributed by atoms with Gasteiger partial charge < -0.3 is 15.2 Å². The monoisotopic (exact) mass is 275 g/mol. The Bertz CT molecular complexity index is 456. The Labute approximate surface area is 121 Å². The van der Waals surface area contributed by atoms with Crippen LogP contribution in [0.5, 0.6) is 0 Å². The molecule has 1 aromatic carbocycles. The molecular formula is C17H25NO2. The highest BCUT2D eigenvalue weighted by Gasteiger charge is 2.38. The lowest BCUT2D eigenvalue weighted by atomic mass is 9.72. The van der Waals surface area contributed by atoms with Crippen LogP contribution in [0, 0.1) is 0 Å². The number of rotatable bonds is 4. The van der Waals surface area contributed by atoms with Crippen LogP contribution in [0.1, 0.15) is 49.7 Å². The minimum atomic E-state index is -0.283. The first-order valence-electron chi connectivity index (χ1n) is 7.82. The number of hydrogen-bond acceptors (Lipinski definition) is 3. The molecule has 1 fully saturated rings. The summed E-state index contributed by atoms with van der Waals surface area (Å²) in [5.74, 6) is 0.579. The fourth-order valence-electron chi connectivity index (χ4n) is 3.63. The number of benzene rings is 1. The van der Waals surface area contributed by atoms with E-state index in [1.54, 1.807) is 0 Å². The SMILES string of the molecule is CC1CCC(CO)(NCC2CCCO2)c2ccccc21. The first-order valence-corrected chi connectivity index (χ1v) is 7.82. The van der Waals surface area contributed by atoms with Gasteiger partial charge in [-0.25, -0.2) is 0 Å². The van der Waals surface area contributed by atoms with Crippen LogP contribution in [-0.4, -0.2) is 31.0 Å². The summed E-state index contributed by atoms with van der Waals surface area (Å²) in [5.41, 5.74) is 2.38. The zero-order chi connectivity index (χ0) is 14.0. The van der Waals surface area contributed by atoms with E-state index in [9.17, 15) is 5.11 Å². The predicted molar refractivity (Wildman–Crippen MR) is 79.8 cm³/mol. The molecule has 3 unspecified atom stereocenters. The van der Waals surface area contributed by atoms with E-state index in [0.717, 1.165) is 38.8 Å². The Morgan fingerprint density at radius 2 is 2.20 bits per heavy atom. The second-order valence-corrected chi connectivity index (χ2v) is 6.28. The van der Waals surface area contributed by atoms with Crippen molar-refractivity contribution in [3.63, 3.8) is 0 Å². The number of fused-ring (bicyclic) bond motifs is 1. The van der Waals surface area contributed by atoms with Crippen molar-refractivity contribution in [2.24, 2.45) is 0 Å². The second-order valence-electron chi connectivity index (χ2n) is 6.28. The van der Waals surface area contributed by atoms with Gasteiger partial charge in [0.15, 0.2) is 0 Å². The Balaban J connectivity index is 1.82. The predicted octanol–water partition coefficient (Wildman–Crippen LogP) is 2.54. The molecule has 2 N–H and O–H groups in total. The third-order valence-electron chi connectivity index (χ3n) is 4.97. The molecule has 0 aromatic heterocycles. The number of hydrogen-bond donors (Lipinski definition) is 2. The molecule has 110 valence electrons. The Hall–Kier alpha value is -0.900. The Morgan fingerprint density at radius 1 is 1.35 bits per heavy atom. The normalized spacial score (nSPS) is 33.1. The topological polar surface area (TPSA) is 41.5 Å². The summed E-state index contributed by atoms with van der Waals surface area (Å²) < 4.78 is 5.70. The van der Waals surface area contributed by atoms with Crippen LogP contribution in [0.3, 0.4) is 0 Å². The lowest BCUT2D eigenvalue weighted by Gasteiger charge is -2.41. The van der Waals surface area contributed by atoms with E-state index in [1.807, 2.05) is 0 Å². The summed E-state index contributed by atoms with van der Waals surface area (Å²) in [5, 5.41) is 13.7. The maximum Gasteiger partial charge on any atom is 0.0700 e. The molecule has 3 nitrogen and oxygen atoms in total. The third kappa shape index (κ3) is 2.50. The van der Waals surface area contributed by atoms with Crippen LogP contribution in [0.25, 0.3) is 0 Å². The van der Waals surface area contributed by atoms with Gasteiger partial charge in [-0.1, -0.05) is 31.2 Å². The van der Waals surface area contributed by atoms with Gasteiger partial charge in [0.1, 0.15) is 0 Å². The second kappa shape index (κ2) is 5.84. The molecule has 3 atom stereocenters. The molecule has 20 heavy (non-hydrogen) atoms. The number of aliphatic hydroxyl groups is 1. The van der Waals surface area contributed by atoms with E-state index >= 15 is 0 Å². The van der Waals surface area contributed by atoms with Gasteiger partial charge in [-0.2, -0.15) is 0 Å². The molecule has 1 aliphatic carbocycles. The largest absolute Gasteiger partial charge is 0.394 e. The van der Waals surface area contributed by atoms with E-state index in [0.29, 0.717) is 12.0 Å². The average molecular weight is 275 g/mol. The Morgan fingerprint density at radius 3 is 2.95 bits per heavy atom. The van der Waals surface area contributed by atoms with Gasteiger partial charge in [0, 0.05) is 13.2 Å². The van der Waals surface area contributed by atoms with Crippen molar-refractivity contribution in [3.8, 4) is 0 Å². The molecule has 3 heteroatoms. The van der Waals surface area contributed by atoms with Crippen LogP contribution >= 0.6 is 0 Å². The van der Waals surface area contributed by atoms with Crippen molar-refractivity contribution in [2.45, 2.75) is 50.2 Å². The molecule has 0 radical (unpaired) electrons. The number of ether oxygens (including phenoxy) is 1. The summed E-state index contributed by atoms with van der Waals surface area (Å²) in [4.78, 5) is 0. The maximum atomic E-state index is 10.0. The zero-order valence-electron chi connectivity index (χ0n) is 12.3. The van der Waals surface area contributed by atoms with Crippen molar-refractivity contribution in [1.29, 1.82) is 0 Å². The minimum Gasteiger partial charge on any atom is -0.394 e. The summed E-state index contributed by atoms with van der Waals surface area (Å²) in [6.07, 6.45) is 4.72. The first kappa shape index (κ1) is 14.1. The zero-order valence-corrected chi connectivity index (χ0v) is 12.3. The fourth-order valence-corrected chi connectivity index (χ4v) is 3.63. The van der Waals surface area contributed by atoms with Crippen LogP contribution < -0.4 is 5.32 Å². The van der Waals surface area contributed by atoms with Crippen LogP contribution in [-0.2, 0) is 10.3 Å². The smallest absolute Gasteiger partial charge is 0.0700 e. The highest BCUT2D eigenvalue weighted by Crippen LogP contribution is 2.41. The number of aliphatic hydroxyl groups excluding tert-OH is 1. The van der Waals surface area contributed by atoms with Gasteiger partial charge in [0.25, 0.3) is 0 Å². The first-order chi connectivity index (χ1) is 9.75. The number of nitrogens with one attached hydrogen (secondary N) is 1. The summed E-state index contributed by atoms with van der Waals surface area (Å²) in [6, 6.07) is 8.55. The molecule has 2 aliphatic rings. The molecule has 0 amide bonds. The van der Waals surface area contributed by atoms with Gasteiger partial charge in [-0.05, 0) is 42.7 Å². The molecule has 3 rings (SSSR count). The molecule has 0 spiro atoms. The average Bonchev–Trinajstić information content (AvgIpc) is 3.01. The molecule has 0 bridgehead atoms. The molecule has 1 aliphatic heterocycles. The van der Waals surface area contributed by atoms with Gasteiger partial charge in [-0.3, -0.25) is 0 Å². The molecule has 1 saturated heterocycles. The minimum absolute atomic E-state index is 0.156. The van der Waals surface area contributed by atoms with E-state index in [1.165, 1.54) is 11.1 Å². The highest BCUT2D eigenvalue weighted by molar-refractivity contribution is 5.38. The molecule has 1 aromatic rings. The lowest BCUT2D eigenvalue weighted by Crippen LogP contribution is -2.50. The maximum absolute atomic E-state index is 10.0. The van der Waals surface area contributed by atoms with Crippen molar-refractivity contribution in [1.82, 2.24) is 5.32 Å². The summed E-state index contributed by atoms with van der Waals surface area (Å²) in [6.45, 7) is 4.15. The van der Waals surface area contributed by atoms with Gasteiger partial charge in [0.2, 0.25) is 0 Å². The van der Waals surface area contributed by atoms with Crippen LogP contribution in [0.2, 0.25) is 0 Å². The van der Waals surface area contributed by atoms with Gasteiger partial charge in [-0.15, -0.1) is 0 Å². The van der Waals surface area contributed by atoms with Crippen molar-refractivity contribution in [3.05, 3.63) is 35.4 Å². The van der Waals surface area contributed by atoms with Crippen molar-refractivity contribution >= 4 is 0 Å².